The maximum absolute atomic E-state index is 2.33. The first-order chi connectivity index (χ1) is 21.2. The normalized spacial score (nSPS) is 12.0. The summed E-state index contributed by atoms with van der Waals surface area (Å²) in [4.78, 5) is 0. The number of fused-ring (bicyclic) bond motifs is 7. The van der Waals surface area contributed by atoms with Crippen LogP contribution in [-0.2, 0) is 0 Å². The lowest BCUT2D eigenvalue weighted by molar-refractivity contribution is 1.58. The molecule has 9 rings (SSSR count). The zero-order chi connectivity index (χ0) is 28.7. The van der Waals surface area contributed by atoms with E-state index in [1.807, 2.05) is 11.3 Å². The Morgan fingerprint density at radius 2 is 0.721 bits per heavy atom. The Kier molecular flexibility index (Phi) is 5.30. The Morgan fingerprint density at radius 1 is 0.349 bits per heavy atom. The van der Waals surface area contributed by atoms with Crippen molar-refractivity contribution in [2.75, 3.05) is 0 Å². The highest BCUT2D eigenvalue weighted by Crippen LogP contribution is 2.49. The molecule has 202 valence electrons. The topological polar surface area (TPSA) is 0 Å². The van der Waals surface area contributed by atoms with E-state index in [1.165, 1.54) is 96.6 Å². The quantitative estimate of drug-likeness (QED) is 0.183. The van der Waals surface area contributed by atoms with E-state index in [1.54, 1.807) is 0 Å². The third-order valence-electron chi connectivity index (χ3n) is 9.46. The monoisotopic (exact) mass is 564 g/mol. The Hall–Kier alpha value is -4.98. The van der Waals surface area contributed by atoms with Crippen molar-refractivity contribution in [1.29, 1.82) is 0 Å². The lowest BCUT2D eigenvalue weighted by Crippen LogP contribution is -1.90. The van der Waals surface area contributed by atoms with Crippen molar-refractivity contribution in [3.8, 4) is 22.3 Å². The zero-order valence-corrected chi connectivity index (χ0v) is 24.9. The number of hydrogen-bond acceptors (Lipinski definition) is 1. The summed E-state index contributed by atoms with van der Waals surface area (Å²) < 4.78 is 2.68. The lowest BCUT2D eigenvalue weighted by Gasteiger charge is -2.16. The maximum atomic E-state index is 2.33. The lowest BCUT2D eigenvalue weighted by atomic mass is 9.86. The van der Waals surface area contributed by atoms with Crippen molar-refractivity contribution in [1.82, 2.24) is 0 Å². The summed E-state index contributed by atoms with van der Waals surface area (Å²) in [6.45, 7) is 4.52. The van der Waals surface area contributed by atoms with Gasteiger partial charge in [-0.05, 0) is 90.8 Å². The Morgan fingerprint density at radius 3 is 1.21 bits per heavy atom. The second kappa shape index (κ2) is 9.26. The van der Waals surface area contributed by atoms with E-state index in [0.717, 1.165) is 0 Å². The van der Waals surface area contributed by atoms with Crippen LogP contribution in [0, 0.1) is 13.8 Å². The van der Waals surface area contributed by atoms with E-state index in [2.05, 4.69) is 147 Å². The zero-order valence-electron chi connectivity index (χ0n) is 24.1. The van der Waals surface area contributed by atoms with Crippen molar-refractivity contribution >= 4 is 74.6 Å². The van der Waals surface area contributed by atoms with E-state index in [0.29, 0.717) is 0 Å². The average Bonchev–Trinajstić information content (AvgIpc) is 3.45. The molecule has 0 spiro atoms. The molecule has 0 saturated carbocycles. The van der Waals surface area contributed by atoms with Gasteiger partial charge < -0.3 is 0 Å². The van der Waals surface area contributed by atoms with Gasteiger partial charge in [0.05, 0.1) is 0 Å². The van der Waals surface area contributed by atoms with Crippen molar-refractivity contribution in [2.24, 2.45) is 0 Å². The minimum Gasteiger partial charge on any atom is -0.135 e. The van der Waals surface area contributed by atoms with Crippen molar-refractivity contribution in [3.63, 3.8) is 0 Å². The third kappa shape index (κ3) is 3.43. The van der Waals surface area contributed by atoms with E-state index in [-0.39, 0.29) is 0 Å². The molecule has 0 fully saturated rings. The first-order valence-electron chi connectivity index (χ1n) is 15.0. The molecular formula is C42H28S. The number of thiophene rings is 1. The highest BCUT2D eigenvalue weighted by molar-refractivity contribution is 7.26. The largest absolute Gasteiger partial charge is 0.135 e. The van der Waals surface area contributed by atoms with Crippen molar-refractivity contribution in [2.45, 2.75) is 13.8 Å². The molecule has 0 aliphatic heterocycles. The Labute approximate surface area is 254 Å². The molecule has 0 nitrogen and oxygen atoms in total. The van der Waals surface area contributed by atoms with Crippen molar-refractivity contribution in [3.05, 3.63) is 145 Å². The average molecular weight is 565 g/mol. The highest BCUT2D eigenvalue weighted by atomic mass is 32.1. The molecule has 43 heavy (non-hydrogen) atoms. The number of hydrogen-bond donors (Lipinski definition) is 0. The summed E-state index contributed by atoms with van der Waals surface area (Å²) >= 11 is 1.93. The van der Waals surface area contributed by atoms with Gasteiger partial charge in [-0.3, -0.25) is 0 Å². The minimum absolute atomic E-state index is 1.31. The molecule has 1 heteroatoms. The molecule has 0 amide bonds. The summed E-state index contributed by atoms with van der Waals surface area (Å²) in [5.41, 5.74) is 7.99. The van der Waals surface area contributed by atoms with Crippen LogP contribution >= 0.6 is 11.3 Å². The standard InChI is InChI=1S/C42H28S/c1-25-27-13-3-7-17-31(27)39(32-18-8-4-14-28(25)32)35-21-12-24-38-41(35)37-23-11-22-36(42(37)43-38)40-33-19-9-5-15-29(33)26(2)30-16-6-10-20-34(30)40/h3-24H,1-2H3. The van der Waals surface area contributed by atoms with Crippen LogP contribution in [0.4, 0.5) is 0 Å². The van der Waals surface area contributed by atoms with Gasteiger partial charge in [0.2, 0.25) is 0 Å². The molecule has 0 radical (unpaired) electrons. The van der Waals surface area contributed by atoms with E-state index < -0.39 is 0 Å². The second-order valence-electron chi connectivity index (χ2n) is 11.6. The molecule has 0 aliphatic rings. The molecule has 0 bridgehead atoms. The first-order valence-corrected chi connectivity index (χ1v) is 15.8. The minimum atomic E-state index is 1.31. The number of aryl methyl sites for hydroxylation is 2. The van der Waals surface area contributed by atoms with Crippen LogP contribution in [-0.4, -0.2) is 0 Å². The molecule has 0 atom stereocenters. The third-order valence-corrected chi connectivity index (χ3v) is 10.7. The molecule has 0 saturated heterocycles. The fourth-order valence-corrected chi connectivity index (χ4v) is 8.77. The van der Waals surface area contributed by atoms with E-state index in [9.17, 15) is 0 Å². The second-order valence-corrected chi connectivity index (χ2v) is 12.7. The predicted octanol–water partition coefficient (Wildman–Crippen LogP) is 12.6. The van der Waals surface area contributed by atoms with Crippen LogP contribution in [0.1, 0.15) is 11.1 Å². The van der Waals surface area contributed by atoms with Crippen LogP contribution in [0.5, 0.6) is 0 Å². The smallest absolute Gasteiger partial charge is 0.0434 e. The Balaban J connectivity index is 1.44. The Bertz CT molecular complexity index is 2470. The fourth-order valence-electron chi connectivity index (χ4n) is 7.53. The molecule has 0 unspecified atom stereocenters. The van der Waals surface area contributed by atoms with Crippen LogP contribution in [0.2, 0.25) is 0 Å². The molecule has 9 aromatic rings. The molecule has 1 heterocycles. The summed E-state index contributed by atoms with van der Waals surface area (Å²) in [6, 6.07) is 49.5. The van der Waals surface area contributed by atoms with Crippen molar-refractivity contribution < 1.29 is 0 Å². The van der Waals surface area contributed by atoms with Gasteiger partial charge in [0.15, 0.2) is 0 Å². The number of rotatable bonds is 2. The highest BCUT2D eigenvalue weighted by Gasteiger charge is 2.20. The predicted molar refractivity (Wildman–Crippen MR) is 190 cm³/mol. The maximum Gasteiger partial charge on any atom is 0.0434 e. The first kappa shape index (κ1) is 24.6. The molecule has 0 aliphatic carbocycles. The van der Waals surface area contributed by atoms with Gasteiger partial charge in [0.1, 0.15) is 0 Å². The van der Waals surface area contributed by atoms with Crippen LogP contribution in [0.25, 0.3) is 85.5 Å². The van der Waals surface area contributed by atoms with Gasteiger partial charge in [-0.25, -0.2) is 0 Å². The van der Waals surface area contributed by atoms with E-state index >= 15 is 0 Å². The molecular weight excluding hydrogens is 537 g/mol. The summed E-state index contributed by atoms with van der Waals surface area (Å²) in [5.74, 6) is 0. The van der Waals surface area contributed by atoms with Gasteiger partial charge >= 0.3 is 0 Å². The van der Waals surface area contributed by atoms with Gasteiger partial charge in [0, 0.05) is 25.7 Å². The van der Waals surface area contributed by atoms with Crippen LogP contribution < -0.4 is 0 Å². The molecule has 1 aromatic heterocycles. The molecule has 8 aromatic carbocycles. The summed E-state index contributed by atoms with van der Waals surface area (Å²) in [5, 5.41) is 13.3. The van der Waals surface area contributed by atoms with Crippen LogP contribution in [0.15, 0.2) is 133 Å². The molecule has 0 N–H and O–H groups in total. The van der Waals surface area contributed by atoms with Crippen LogP contribution in [0.3, 0.4) is 0 Å². The van der Waals surface area contributed by atoms with Gasteiger partial charge in [-0.15, -0.1) is 11.3 Å². The van der Waals surface area contributed by atoms with E-state index in [4.69, 9.17) is 0 Å². The van der Waals surface area contributed by atoms with Gasteiger partial charge in [-0.2, -0.15) is 0 Å². The SMILES string of the molecule is Cc1c2ccccc2c(-c2cccc3c2sc2cccc(-c4c5ccccc5c(C)c5ccccc45)c23)c2ccccc12. The summed E-state index contributed by atoms with van der Waals surface area (Å²) in [7, 11) is 0. The fraction of sp³-hybridized carbons (Fsp3) is 0.0476. The number of benzene rings is 8. The van der Waals surface area contributed by atoms with Gasteiger partial charge in [-0.1, -0.05) is 127 Å². The summed E-state index contributed by atoms with van der Waals surface area (Å²) in [6.07, 6.45) is 0. The van der Waals surface area contributed by atoms with Gasteiger partial charge in [0.25, 0.3) is 0 Å².